The highest BCUT2D eigenvalue weighted by atomic mass is 32.1. The molecule has 4 rings (SSSR count). The van der Waals surface area contributed by atoms with Gasteiger partial charge in [-0.25, -0.2) is 9.78 Å². The van der Waals surface area contributed by atoms with Gasteiger partial charge in [-0.15, -0.1) is 11.3 Å². The molecule has 1 aromatic heterocycles. The summed E-state index contributed by atoms with van der Waals surface area (Å²) < 4.78 is 17.4. The lowest BCUT2D eigenvalue weighted by atomic mass is 10.1. The highest BCUT2D eigenvalue weighted by Crippen LogP contribution is 2.32. The maximum atomic E-state index is 12.6. The molecule has 0 saturated heterocycles. The Hall–Kier alpha value is -4.15. The summed E-state index contributed by atoms with van der Waals surface area (Å²) in [5.74, 6) is 0.858. The number of nitriles is 1. The summed E-state index contributed by atoms with van der Waals surface area (Å²) in [5.41, 5.74) is 2.43. The Morgan fingerprint density at radius 1 is 1.09 bits per heavy atom. The van der Waals surface area contributed by atoms with Crippen LogP contribution in [0.1, 0.15) is 27.9 Å². The lowest BCUT2D eigenvalue weighted by molar-refractivity contribution is 0.0728. The molecule has 3 aromatic carbocycles. The zero-order valence-electron chi connectivity index (χ0n) is 18.1. The number of fused-ring (bicyclic) bond motifs is 1. The second-order valence-electron chi connectivity index (χ2n) is 6.91. The summed E-state index contributed by atoms with van der Waals surface area (Å²) in [7, 11) is 1.56. The van der Waals surface area contributed by atoms with Crippen molar-refractivity contribution in [3.05, 3.63) is 82.9 Å². The smallest absolute Gasteiger partial charge is 0.343 e. The standard InChI is InChI=1S/C26H20N2O4S/c1-3-31-23-15-17(14-19(16-27)25-28-21-6-4-5-7-24(21)33-25)8-13-22(23)32-26(29)18-9-11-20(30-2)12-10-18/h4-15H,3H2,1-2H3. The van der Waals surface area contributed by atoms with Gasteiger partial charge in [0.15, 0.2) is 11.5 Å². The lowest BCUT2D eigenvalue weighted by Crippen LogP contribution is -2.09. The van der Waals surface area contributed by atoms with Gasteiger partial charge in [-0.3, -0.25) is 0 Å². The molecule has 6 nitrogen and oxygen atoms in total. The van der Waals surface area contributed by atoms with Crippen molar-refractivity contribution in [2.75, 3.05) is 13.7 Å². The van der Waals surface area contributed by atoms with E-state index in [-0.39, 0.29) is 0 Å². The molecule has 0 aliphatic rings. The molecule has 1 heterocycles. The van der Waals surface area contributed by atoms with Gasteiger partial charge >= 0.3 is 5.97 Å². The van der Waals surface area contributed by atoms with E-state index in [1.165, 1.54) is 11.3 Å². The number of aromatic nitrogens is 1. The predicted octanol–water partition coefficient (Wildman–Crippen LogP) is 5.99. The molecule has 0 aliphatic carbocycles. The molecule has 0 spiro atoms. The molecule has 0 aliphatic heterocycles. The van der Waals surface area contributed by atoms with Gasteiger partial charge in [0.2, 0.25) is 0 Å². The quantitative estimate of drug-likeness (QED) is 0.193. The molecule has 33 heavy (non-hydrogen) atoms. The third-order valence-electron chi connectivity index (χ3n) is 4.75. The summed E-state index contributed by atoms with van der Waals surface area (Å²) >= 11 is 1.46. The Balaban J connectivity index is 1.61. The molecule has 0 fully saturated rings. The zero-order valence-corrected chi connectivity index (χ0v) is 18.9. The molecule has 7 heteroatoms. The Morgan fingerprint density at radius 3 is 2.58 bits per heavy atom. The van der Waals surface area contributed by atoms with Gasteiger partial charge in [0.1, 0.15) is 16.8 Å². The van der Waals surface area contributed by atoms with Crippen LogP contribution in [0.5, 0.6) is 17.2 Å². The third-order valence-corrected chi connectivity index (χ3v) is 5.82. The van der Waals surface area contributed by atoms with Crippen molar-refractivity contribution in [3.63, 3.8) is 0 Å². The molecular formula is C26H20N2O4S. The van der Waals surface area contributed by atoms with Crippen molar-refractivity contribution in [2.24, 2.45) is 0 Å². The molecule has 0 atom stereocenters. The number of para-hydroxylation sites is 1. The fourth-order valence-electron chi connectivity index (χ4n) is 3.15. The van der Waals surface area contributed by atoms with Gasteiger partial charge in [0.25, 0.3) is 0 Å². The van der Waals surface area contributed by atoms with Crippen molar-refractivity contribution in [2.45, 2.75) is 6.92 Å². The van der Waals surface area contributed by atoms with Crippen molar-refractivity contribution < 1.29 is 19.0 Å². The van der Waals surface area contributed by atoms with E-state index in [1.54, 1.807) is 55.7 Å². The third kappa shape index (κ3) is 5.03. The van der Waals surface area contributed by atoms with E-state index in [0.717, 1.165) is 15.8 Å². The van der Waals surface area contributed by atoms with Crippen LogP contribution >= 0.6 is 11.3 Å². The van der Waals surface area contributed by atoms with Gasteiger partial charge in [-0.05, 0) is 67.1 Å². The van der Waals surface area contributed by atoms with Gasteiger partial charge in [-0.1, -0.05) is 18.2 Å². The number of nitrogens with zero attached hydrogens (tertiary/aromatic N) is 2. The summed E-state index contributed by atoms with van der Waals surface area (Å²) in [6, 6.07) is 21.8. The minimum absolute atomic E-state index is 0.299. The number of hydrogen-bond acceptors (Lipinski definition) is 7. The Bertz CT molecular complexity index is 1330. The summed E-state index contributed by atoms with van der Waals surface area (Å²) in [5, 5.41) is 10.4. The lowest BCUT2D eigenvalue weighted by Gasteiger charge is -2.12. The molecule has 0 unspecified atom stereocenters. The van der Waals surface area contributed by atoms with Crippen LogP contribution in [0.2, 0.25) is 0 Å². The van der Waals surface area contributed by atoms with E-state index in [9.17, 15) is 10.1 Å². The number of benzene rings is 3. The van der Waals surface area contributed by atoms with Crippen LogP contribution in [0.4, 0.5) is 0 Å². The predicted molar refractivity (Wildman–Crippen MR) is 129 cm³/mol. The topological polar surface area (TPSA) is 81.4 Å². The Morgan fingerprint density at radius 2 is 1.88 bits per heavy atom. The SMILES string of the molecule is CCOc1cc(C=C(C#N)c2nc3ccccc3s2)ccc1OC(=O)c1ccc(OC)cc1. The van der Waals surface area contributed by atoms with Crippen LogP contribution in [-0.2, 0) is 0 Å². The summed E-state index contributed by atoms with van der Waals surface area (Å²) in [6.45, 7) is 2.24. The van der Waals surface area contributed by atoms with E-state index in [1.807, 2.05) is 31.2 Å². The molecule has 4 aromatic rings. The number of methoxy groups -OCH3 is 1. The first-order valence-electron chi connectivity index (χ1n) is 10.2. The zero-order chi connectivity index (χ0) is 23.2. The van der Waals surface area contributed by atoms with Gasteiger partial charge < -0.3 is 14.2 Å². The van der Waals surface area contributed by atoms with E-state index in [2.05, 4.69) is 11.1 Å². The minimum atomic E-state index is -0.505. The van der Waals surface area contributed by atoms with Crippen LogP contribution in [0.3, 0.4) is 0 Å². The van der Waals surface area contributed by atoms with Crippen molar-refractivity contribution in [3.8, 4) is 23.3 Å². The monoisotopic (exact) mass is 456 g/mol. The largest absolute Gasteiger partial charge is 0.497 e. The van der Waals surface area contributed by atoms with Crippen LogP contribution in [0, 0.1) is 11.3 Å². The van der Waals surface area contributed by atoms with Gasteiger partial charge in [-0.2, -0.15) is 5.26 Å². The molecule has 0 saturated carbocycles. The average molecular weight is 457 g/mol. The number of hydrogen-bond donors (Lipinski definition) is 0. The first kappa shape index (κ1) is 22.1. The first-order chi connectivity index (χ1) is 16.1. The van der Waals surface area contributed by atoms with E-state index < -0.39 is 5.97 Å². The Kier molecular flexibility index (Phi) is 6.67. The average Bonchev–Trinajstić information content (AvgIpc) is 3.28. The number of esters is 1. The molecule has 0 bridgehead atoms. The van der Waals surface area contributed by atoms with E-state index >= 15 is 0 Å². The number of thiazole rings is 1. The van der Waals surface area contributed by atoms with Crippen molar-refractivity contribution >= 4 is 39.2 Å². The second-order valence-corrected chi connectivity index (χ2v) is 7.94. The first-order valence-corrected chi connectivity index (χ1v) is 11.0. The summed E-state index contributed by atoms with van der Waals surface area (Å²) in [6.07, 6.45) is 1.75. The number of carbonyl (C=O) groups excluding carboxylic acids is 1. The Labute approximate surface area is 195 Å². The number of ether oxygens (including phenoxy) is 3. The highest BCUT2D eigenvalue weighted by molar-refractivity contribution is 7.19. The normalized spacial score (nSPS) is 11.1. The fourth-order valence-corrected chi connectivity index (χ4v) is 4.08. The number of rotatable bonds is 7. The number of carbonyl (C=O) groups is 1. The van der Waals surface area contributed by atoms with Crippen LogP contribution in [0.25, 0.3) is 21.9 Å². The van der Waals surface area contributed by atoms with Crippen molar-refractivity contribution in [1.29, 1.82) is 5.26 Å². The van der Waals surface area contributed by atoms with Crippen LogP contribution < -0.4 is 14.2 Å². The van der Waals surface area contributed by atoms with Gasteiger partial charge in [0.05, 0.1) is 35.1 Å². The van der Waals surface area contributed by atoms with E-state index in [4.69, 9.17) is 14.2 Å². The minimum Gasteiger partial charge on any atom is -0.497 e. The number of allylic oxidation sites excluding steroid dienone is 1. The van der Waals surface area contributed by atoms with Gasteiger partial charge in [0, 0.05) is 0 Å². The molecule has 0 N–H and O–H groups in total. The van der Waals surface area contributed by atoms with Crippen LogP contribution in [0.15, 0.2) is 66.7 Å². The second kappa shape index (κ2) is 9.98. The fraction of sp³-hybridized carbons (Fsp3) is 0.115. The van der Waals surface area contributed by atoms with E-state index in [0.29, 0.717) is 40.0 Å². The maximum absolute atomic E-state index is 12.6. The van der Waals surface area contributed by atoms with Crippen molar-refractivity contribution in [1.82, 2.24) is 4.98 Å². The highest BCUT2D eigenvalue weighted by Gasteiger charge is 2.14. The molecular weight excluding hydrogens is 436 g/mol. The molecule has 164 valence electrons. The summed E-state index contributed by atoms with van der Waals surface area (Å²) in [4.78, 5) is 17.1. The maximum Gasteiger partial charge on any atom is 0.343 e. The molecule has 0 amide bonds. The molecule has 0 radical (unpaired) electrons. The van der Waals surface area contributed by atoms with Crippen LogP contribution in [-0.4, -0.2) is 24.7 Å².